The first-order valence-electron chi connectivity index (χ1n) is 10.9. The normalized spacial score (nSPS) is 16.9. The Morgan fingerprint density at radius 1 is 1.00 bits per heavy atom. The van der Waals surface area contributed by atoms with Crippen LogP contribution in [0.1, 0.15) is 24.0 Å². The van der Waals surface area contributed by atoms with Gasteiger partial charge in [0, 0.05) is 59.3 Å². The Hall–Kier alpha value is -2.00. The van der Waals surface area contributed by atoms with E-state index in [1.54, 1.807) is 0 Å². The minimum absolute atomic E-state index is 0. The summed E-state index contributed by atoms with van der Waals surface area (Å²) in [4.78, 5) is 22.9. The van der Waals surface area contributed by atoms with Gasteiger partial charge < -0.3 is 20.0 Å². The number of carbonyl (C=O) groups excluding carboxylic acids is 1. The van der Waals surface area contributed by atoms with E-state index in [1.807, 2.05) is 30.1 Å². The first kappa shape index (κ1) is 24.6. The van der Waals surface area contributed by atoms with Crippen LogP contribution in [-0.2, 0) is 17.9 Å². The zero-order valence-electron chi connectivity index (χ0n) is 18.5. The number of guanidine groups is 1. The predicted molar refractivity (Wildman–Crippen MR) is 142 cm³/mol. The first-order chi connectivity index (χ1) is 15.1. The van der Waals surface area contributed by atoms with Gasteiger partial charge in [-0.25, -0.2) is 0 Å². The molecule has 2 aromatic rings. The van der Waals surface area contributed by atoms with E-state index in [9.17, 15) is 4.79 Å². The Kier molecular flexibility index (Phi) is 9.04. The van der Waals surface area contributed by atoms with Gasteiger partial charge in [0.15, 0.2) is 5.96 Å². The maximum atomic E-state index is 11.8. The van der Waals surface area contributed by atoms with Gasteiger partial charge in [-0.1, -0.05) is 48.0 Å². The van der Waals surface area contributed by atoms with Gasteiger partial charge in [0.25, 0.3) is 0 Å². The molecule has 0 radical (unpaired) electrons. The lowest BCUT2D eigenvalue weighted by molar-refractivity contribution is -0.128. The second-order valence-corrected chi connectivity index (χ2v) is 8.47. The summed E-state index contributed by atoms with van der Waals surface area (Å²) < 4.78 is 0. The number of amides is 1. The van der Waals surface area contributed by atoms with Crippen LogP contribution in [0, 0.1) is 0 Å². The molecule has 0 saturated carbocycles. The Bertz CT molecular complexity index is 928. The van der Waals surface area contributed by atoms with E-state index < -0.39 is 0 Å². The molecule has 0 spiro atoms. The van der Waals surface area contributed by atoms with Crippen LogP contribution >= 0.6 is 35.6 Å². The molecule has 2 fully saturated rings. The van der Waals surface area contributed by atoms with Gasteiger partial charge in [0.2, 0.25) is 5.91 Å². The number of anilines is 1. The van der Waals surface area contributed by atoms with Crippen LogP contribution in [0.2, 0.25) is 5.02 Å². The van der Waals surface area contributed by atoms with Crippen molar-refractivity contribution in [2.75, 3.05) is 44.7 Å². The SMILES string of the molecule is CN=C(NCc1ccc(CN2CCCC2=O)cc1)N1CCN(c2ccccc2Cl)CC1.I. The van der Waals surface area contributed by atoms with Gasteiger partial charge in [-0.05, 0) is 29.7 Å². The molecule has 172 valence electrons. The molecule has 4 rings (SSSR count). The lowest BCUT2D eigenvalue weighted by Gasteiger charge is -2.38. The summed E-state index contributed by atoms with van der Waals surface area (Å²) in [6, 6.07) is 16.5. The highest BCUT2D eigenvalue weighted by atomic mass is 127. The van der Waals surface area contributed by atoms with Gasteiger partial charge in [-0.2, -0.15) is 0 Å². The molecular weight excluding hydrogens is 537 g/mol. The number of likely N-dealkylation sites (tertiary alicyclic amines) is 1. The van der Waals surface area contributed by atoms with Crippen LogP contribution in [0.15, 0.2) is 53.5 Å². The van der Waals surface area contributed by atoms with Crippen molar-refractivity contribution in [3.8, 4) is 0 Å². The Balaban J connectivity index is 0.00000289. The number of benzene rings is 2. The topological polar surface area (TPSA) is 51.2 Å². The van der Waals surface area contributed by atoms with Crippen molar-refractivity contribution in [3.63, 3.8) is 0 Å². The fourth-order valence-corrected chi connectivity index (χ4v) is 4.49. The zero-order chi connectivity index (χ0) is 21.6. The Morgan fingerprint density at radius 2 is 1.69 bits per heavy atom. The molecule has 0 aromatic heterocycles. The van der Waals surface area contributed by atoms with Crippen molar-refractivity contribution < 1.29 is 4.79 Å². The summed E-state index contributed by atoms with van der Waals surface area (Å²) in [5, 5.41) is 4.29. The number of rotatable bonds is 5. The van der Waals surface area contributed by atoms with Crippen molar-refractivity contribution >= 4 is 53.1 Å². The molecule has 2 aliphatic heterocycles. The highest BCUT2D eigenvalue weighted by Gasteiger charge is 2.21. The first-order valence-corrected chi connectivity index (χ1v) is 11.3. The summed E-state index contributed by atoms with van der Waals surface area (Å²) >= 11 is 6.36. The second-order valence-electron chi connectivity index (χ2n) is 8.06. The van der Waals surface area contributed by atoms with E-state index in [0.717, 1.165) is 62.4 Å². The lowest BCUT2D eigenvalue weighted by Crippen LogP contribution is -2.52. The van der Waals surface area contributed by atoms with E-state index in [1.165, 1.54) is 11.1 Å². The fourth-order valence-electron chi connectivity index (χ4n) is 4.23. The van der Waals surface area contributed by atoms with Crippen LogP contribution < -0.4 is 10.2 Å². The minimum atomic E-state index is 0. The minimum Gasteiger partial charge on any atom is -0.367 e. The van der Waals surface area contributed by atoms with E-state index in [4.69, 9.17) is 11.6 Å². The molecule has 1 N–H and O–H groups in total. The summed E-state index contributed by atoms with van der Waals surface area (Å²) in [6.07, 6.45) is 1.67. The van der Waals surface area contributed by atoms with Gasteiger partial charge >= 0.3 is 0 Å². The maximum Gasteiger partial charge on any atom is 0.222 e. The highest BCUT2D eigenvalue weighted by Crippen LogP contribution is 2.26. The molecule has 32 heavy (non-hydrogen) atoms. The monoisotopic (exact) mass is 567 g/mol. The van der Waals surface area contributed by atoms with Crippen LogP contribution in [0.5, 0.6) is 0 Å². The molecule has 2 saturated heterocycles. The number of carbonyl (C=O) groups is 1. The smallest absolute Gasteiger partial charge is 0.222 e. The fraction of sp³-hybridized carbons (Fsp3) is 0.417. The molecule has 0 aliphatic carbocycles. The van der Waals surface area contributed by atoms with E-state index in [0.29, 0.717) is 13.0 Å². The van der Waals surface area contributed by atoms with Gasteiger partial charge in [0.1, 0.15) is 0 Å². The van der Waals surface area contributed by atoms with Gasteiger partial charge in [-0.15, -0.1) is 24.0 Å². The number of aliphatic imine (C=N–C) groups is 1. The molecular formula is C24H31ClIN5O. The molecule has 2 aromatic carbocycles. The van der Waals surface area contributed by atoms with Crippen molar-refractivity contribution in [1.82, 2.24) is 15.1 Å². The summed E-state index contributed by atoms with van der Waals surface area (Å²) in [7, 11) is 1.83. The Morgan fingerprint density at radius 3 is 2.31 bits per heavy atom. The third kappa shape index (κ3) is 6.07. The number of nitrogens with one attached hydrogen (secondary N) is 1. The second kappa shape index (κ2) is 11.7. The van der Waals surface area contributed by atoms with Crippen LogP contribution in [0.3, 0.4) is 0 Å². The van der Waals surface area contributed by atoms with Crippen molar-refractivity contribution in [2.24, 2.45) is 4.99 Å². The average Bonchev–Trinajstić information content (AvgIpc) is 3.20. The summed E-state index contributed by atoms with van der Waals surface area (Å²) in [5.74, 6) is 1.19. The number of piperazine rings is 1. The largest absolute Gasteiger partial charge is 0.367 e. The lowest BCUT2D eigenvalue weighted by atomic mass is 10.1. The molecule has 0 unspecified atom stereocenters. The van der Waals surface area contributed by atoms with Crippen LogP contribution in [0.25, 0.3) is 0 Å². The van der Waals surface area contributed by atoms with Crippen molar-refractivity contribution in [2.45, 2.75) is 25.9 Å². The Labute approximate surface area is 212 Å². The number of nitrogens with zero attached hydrogens (tertiary/aromatic N) is 4. The van der Waals surface area contributed by atoms with E-state index in [2.05, 4.69) is 50.4 Å². The third-order valence-electron chi connectivity index (χ3n) is 6.00. The van der Waals surface area contributed by atoms with E-state index >= 15 is 0 Å². The molecule has 8 heteroatoms. The maximum absolute atomic E-state index is 11.8. The number of hydrogen-bond acceptors (Lipinski definition) is 3. The van der Waals surface area contributed by atoms with Crippen molar-refractivity contribution in [3.05, 3.63) is 64.7 Å². The molecule has 2 aliphatic rings. The predicted octanol–water partition coefficient (Wildman–Crippen LogP) is 3.98. The molecule has 0 atom stereocenters. The van der Waals surface area contributed by atoms with Gasteiger partial charge in [0.05, 0.1) is 10.7 Å². The molecule has 1 amide bonds. The summed E-state index contributed by atoms with van der Waals surface area (Å²) in [6.45, 7) is 5.93. The number of halogens is 2. The standard InChI is InChI=1S/C24H30ClN5O.HI/c1-26-24(29-15-13-28(14-16-29)22-6-3-2-5-21(22)25)27-17-19-8-10-20(11-9-19)18-30-12-4-7-23(30)31;/h2-3,5-6,8-11H,4,7,12-18H2,1H3,(H,26,27);1H. The van der Waals surface area contributed by atoms with Crippen LogP contribution in [-0.4, -0.2) is 61.4 Å². The molecule has 6 nitrogen and oxygen atoms in total. The van der Waals surface area contributed by atoms with Crippen molar-refractivity contribution in [1.29, 1.82) is 0 Å². The van der Waals surface area contributed by atoms with Crippen LogP contribution in [0.4, 0.5) is 5.69 Å². The molecule has 0 bridgehead atoms. The summed E-state index contributed by atoms with van der Waals surface area (Å²) in [5.41, 5.74) is 3.48. The number of hydrogen-bond donors (Lipinski definition) is 1. The highest BCUT2D eigenvalue weighted by molar-refractivity contribution is 14.0. The van der Waals surface area contributed by atoms with E-state index in [-0.39, 0.29) is 29.9 Å². The molecule has 2 heterocycles. The third-order valence-corrected chi connectivity index (χ3v) is 6.32. The quantitative estimate of drug-likeness (QED) is 0.338. The van der Waals surface area contributed by atoms with Gasteiger partial charge in [-0.3, -0.25) is 9.79 Å². The zero-order valence-corrected chi connectivity index (χ0v) is 21.6. The number of para-hydroxylation sites is 1. The average molecular weight is 568 g/mol.